The van der Waals surface area contributed by atoms with Gasteiger partial charge in [-0.2, -0.15) is 5.10 Å². The van der Waals surface area contributed by atoms with Gasteiger partial charge in [-0.15, -0.1) is 0 Å². The van der Waals surface area contributed by atoms with E-state index in [0.29, 0.717) is 5.82 Å². The summed E-state index contributed by atoms with van der Waals surface area (Å²) in [7, 11) is 0. The third-order valence-electron chi connectivity index (χ3n) is 2.85. The fourth-order valence-electron chi connectivity index (χ4n) is 1.83. The molecular weight excluding hydrogens is 248 g/mol. The summed E-state index contributed by atoms with van der Waals surface area (Å²) in [5.74, 6) is 1.37. The predicted octanol–water partition coefficient (Wildman–Crippen LogP) is 3.43. The molecule has 3 aromatic rings. The van der Waals surface area contributed by atoms with E-state index in [-0.39, 0.29) is 0 Å². The maximum atomic E-state index is 6.10. The van der Waals surface area contributed by atoms with Crippen LogP contribution in [0, 0.1) is 6.92 Å². The second kappa shape index (κ2) is 4.31. The van der Waals surface area contributed by atoms with E-state index >= 15 is 0 Å². The molecule has 0 fully saturated rings. The lowest BCUT2D eigenvalue weighted by molar-refractivity contribution is 1.09. The van der Waals surface area contributed by atoms with Gasteiger partial charge in [0.2, 0.25) is 0 Å². The zero-order valence-corrected chi connectivity index (χ0v) is 10.5. The number of hydrogen-bond acceptors (Lipinski definition) is 2. The SMILES string of the molecule is Cc1c(Cl)cccc1-c1n[nH]c(-c2ccc[nH]2)n1. The van der Waals surface area contributed by atoms with Crippen LogP contribution in [-0.2, 0) is 0 Å². The number of H-pyrrole nitrogens is 2. The quantitative estimate of drug-likeness (QED) is 0.740. The van der Waals surface area contributed by atoms with Crippen molar-refractivity contribution in [1.29, 1.82) is 0 Å². The van der Waals surface area contributed by atoms with E-state index in [1.807, 2.05) is 43.5 Å². The molecule has 3 rings (SSSR count). The maximum absolute atomic E-state index is 6.10. The Hall–Kier alpha value is -2.07. The zero-order chi connectivity index (χ0) is 12.5. The minimum atomic E-state index is 0.652. The van der Waals surface area contributed by atoms with Gasteiger partial charge in [0, 0.05) is 16.8 Å². The lowest BCUT2D eigenvalue weighted by Gasteiger charge is -2.02. The van der Waals surface area contributed by atoms with Gasteiger partial charge >= 0.3 is 0 Å². The van der Waals surface area contributed by atoms with Crippen LogP contribution < -0.4 is 0 Å². The van der Waals surface area contributed by atoms with Crippen LogP contribution in [0.1, 0.15) is 5.56 Å². The third-order valence-corrected chi connectivity index (χ3v) is 3.26. The highest BCUT2D eigenvalue weighted by Gasteiger charge is 2.11. The van der Waals surface area contributed by atoms with Crippen LogP contribution in [0.15, 0.2) is 36.5 Å². The zero-order valence-electron chi connectivity index (χ0n) is 9.74. The van der Waals surface area contributed by atoms with E-state index in [2.05, 4.69) is 20.2 Å². The highest BCUT2D eigenvalue weighted by molar-refractivity contribution is 6.31. The molecule has 2 aromatic heterocycles. The van der Waals surface area contributed by atoms with Crippen LogP contribution in [0.25, 0.3) is 22.9 Å². The first-order chi connectivity index (χ1) is 8.75. The minimum Gasteiger partial charge on any atom is -0.359 e. The number of aromatic amines is 2. The fraction of sp³-hybridized carbons (Fsp3) is 0.0769. The van der Waals surface area contributed by atoms with E-state index in [9.17, 15) is 0 Å². The highest BCUT2D eigenvalue weighted by atomic mass is 35.5. The summed E-state index contributed by atoms with van der Waals surface area (Å²) in [6, 6.07) is 9.58. The Balaban J connectivity index is 2.06. The van der Waals surface area contributed by atoms with Gasteiger partial charge in [-0.1, -0.05) is 23.7 Å². The predicted molar refractivity (Wildman–Crippen MR) is 71.4 cm³/mol. The monoisotopic (exact) mass is 258 g/mol. The highest BCUT2D eigenvalue weighted by Crippen LogP contribution is 2.26. The van der Waals surface area contributed by atoms with Gasteiger partial charge in [0.1, 0.15) is 0 Å². The van der Waals surface area contributed by atoms with Crippen LogP contribution in [0.5, 0.6) is 0 Å². The summed E-state index contributed by atoms with van der Waals surface area (Å²) < 4.78 is 0. The number of rotatable bonds is 2. The van der Waals surface area contributed by atoms with Crippen molar-refractivity contribution in [2.75, 3.05) is 0 Å². The van der Waals surface area contributed by atoms with Gasteiger partial charge in [0.15, 0.2) is 11.6 Å². The molecule has 0 aliphatic heterocycles. The molecule has 0 radical (unpaired) electrons. The summed E-state index contributed by atoms with van der Waals surface area (Å²) in [4.78, 5) is 7.55. The molecule has 0 bridgehead atoms. The molecule has 0 spiro atoms. The third kappa shape index (κ3) is 1.80. The van der Waals surface area contributed by atoms with E-state index < -0.39 is 0 Å². The van der Waals surface area contributed by atoms with Gasteiger partial charge < -0.3 is 4.98 Å². The molecule has 4 nitrogen and oxygen atoms in total. The minimum absolute atomic E-state index is 0.652. The van der Waals surface area contributed by atoms with Crippen molar-refractivity contribution in [1.82, 2.24) is 20.2 Å². The van der Waals surface area contributed by atoms with Crippen molar-refractivity contribution in [3.8, 4) is 22.9 Å². The maximum Gasteiger partial charge on any atom is 0.181 e. The van der Waals surface area contributed by atoms with Crippen LogP contribution in [-0.4, -0.2) is 20.2 Å². The van der Waals surface area contributed by atoms with E-state index in [1.54, 1.807) is 0 Å². The molecule has 18 heavy (non-hydrogen) atoms. The van der Waals surface area contributed by atoms with E-state index in [0.717, 1.165) is 27.7 Å². The average Bonchev–Trinajstić information content (AvgIpc) is 3.01. The lowest BCUT2D eigenvalue weighted by atomic mass is 10.1. The van der Waals surface area contributed by atoms with Crippen LogP contribution in [0.2, 0.25) is 5.02 Å². The molecule has 2 N–H and O–H groups in total. The lowest BCUT2D eigenvalue weighted by Crippen LogP contribution is -1.86. The first-order valence-corrected chi connectivity index (χ1v) is 5.95. The summed E-state index contributed by atoms with van der Waals surface area (Å²) in [6.07, 6.45) is 1.85. The normalized spacial score (nSPS) is 10.8. The Morgan fingerprint density at radius 1 is 1.17 bits per heavy atom. The van der Waals surface area contributed by atoms with Crippen molar-refractivity contribution in [2.45, 2.75) is 6.92 Å². The summed E-state index contributed by atoms with van der Waals surface area (Å²) >= 11 is 6.10. The number of hydrogen-bond donors (Lipinski definition) is 2. The summed E-state index contributed by atoms with van der Waals surface area (Å²) in [5, 5.41) is 7.87. The van der Waals surface area contributed by atoms with Crippen molar-refractivity contribution in [3.05, 3.63) is 47.1 Å². The number of halogens is 1. The number of aromatic nitrogens is 4. The standard InChI is InChI=1S/C13H11ClN4/c1-8-9(4-2-5-10(8)14)12-16-13(18-17-12)11-6-3-7-15-11/h2-7,15H,1H3,(H,16,17,18). The van der Waals surface area contributed by atoms with Crippen LogP contribution in [0.3, 0.4) is 0 Å². The topological polar surface area (TPSA) is 57.4 Å². The summed E-state index contributed by atoms with van der Waals surface area (Å²) in [5.41, 5.74) is 2.83. The molecule has 0 atom stereocenters. The largest absolute Gasteiger partial charge is 0.359 e. The van der Waals surface area contributed by atoms with Crippen LogP contribution >= 0.6 is 11.6 Å². The van der Waals surface area contributed by atoms with Gasteiger partial charge in [0.25, 0.3) is 0 Å². The second-order valence-electron chi connectivity index (χ2n) is 4.00. The molecule has 90 valence electrons. The molecule has 1 aromatic carbocycles. The molecule has 0 saturated heterocycles. The van der Waals surface area contributed by atoms with Crippen molar-refractivity contribution in [3.63, 3.8) is 0 Å². The molecule has 0 aliphatic rings. The van der Waals surface area contributed by atoms with Crippen molar-refractivity contribution < 1.29 is 0 Å². The molecule has 0 amide bonds. The van der Waals surface area contributed by atoms with Gasteiger partial charge in [-0.05, 0) is 30.7 Å². The average molecular weight is 259 g/mol. The van der Waals surface area contributed by atoms with Gasteiger partial charge in [-0.25, -0.2) is 4.98 Å². The first kappa shape index (κ1) is 11.0. The van der Waals surface area contributed by atoms with Gasteiger partial charge in [-0.3, -0.25) is 5.10 Å². The molecule has 2 heterocycles. The van der Waals surface area contributed by atoms with Crippen molar-refractivity contribution >= 4 is 11.6 Å². The number of benzene rings is 1. The van der Waals surface area contributed by atoms with Gasteiger partial charge in [0.05, 0.1) is 5.69 Å². The molecule has 5 heteroatoms. The second-order valence-corrected chi connectivity index (χ2v) is 4.41. The van der Waals surface area contributed by atoms with E-state index in [1.165, 1.54) is 0 Å². The molecular formula is C13H11ClN4. The Labute approximate surface area is 109 Å². The fourth-order valence-corrected chi connectivity index (χ4v) is 2.00. The Bertz CT molecular complexity index is 670. The van der Waals surface area contributed by atoms with Crippen molar-refractivity contribution in [2.24, 2.45) is 0 Å². The Kier molecular flexibility index (Phi) is 2.64. The number of nitrogens with one attached hydrogen (secondary N) is 2. The summed E-state index contributed by atoms with van der Waals surface area (Å²) in [6.45, 7) is 1.96. The van der Waals surface area contributed by atoms with E-state index in [4.69, 9.17) is 11.6 Å². The Morgan fingerprint density at radius 2 is 2.06 bits per heavy atom. The number of nitrogens with zero attached hydrogens (tertiary/aromatic N) is 2. The smallest absolute Gasteiger partial charge is 0.181 e. The molecule has 0 aliphatic carbocycles. The van der Waals surface area contributed by atoms with Crippen LogP contribution in [0.4, 0.5) is 0 Å². The first-order valence-electron chi connectivity index (χ1n) is 5.57. The Morgan fingerprint density at radius 3 is 2.83 bits per heavy atom. The molecule has 0 saturated carbocycles. The molecule has 0 unspecified atom stereocenters.